The lowest BCUT2D eigenvalue weighted by molar-refractivity contribution is -0.139. The summed E-state index contributed by atoms with van der Waals surface area (Å²) in [6.07, 6.45) is 4.08. The number of fused-ring (bicyclic) bond motifs is 5. The molecule has 5 nitrogen and oxygen atoms in total. The van der Waals surface area contributed by atoms with E-state index in [1.54, 1.807) is 4.90 Å². The number of aromatic nitrogens is 1. The highest BCUT2D eigenvalue weighted by atomic mass is 16.2. The average molecular weight is 337 g/mol. The molecular formula is C20H23N3O2. The van der Waals surface area contributed by atoms with E-state index < -0.39 is 0 Å². The molecule has 3 heterocycles. The fourth-order valence-electron chi connectivity index (χ4n) is 4.95. The second-order valence-corrected chi connectivity index (χ2v) is 7.56. The number of imide groups is 1. The van der Waals surface area contributed by atoms with Crippen molar-refractivity contribution in [2.24, 2.45) is 5.92 Å². The van der Waals surface area contributed by atoms with Crippen molar-refractivity contribution in [2.75, 3.05) is 26.2 Å². The first-order valence-corrected chi connectivity index (χ1v) is 9.41. The molecule has 130 valence electrons. The van der Waals surface area contributed by atoms with Gasteiger partial charge in [0.1, 0.15) is 0 Å². The third-order valence-corrected chi connectivity index (χ3v) is 6.20. The van der Waals surface area contributed by atoms with Crippen LogP contribution in [0, 0.1) is 5.92 Å². The molecule has 1 aromatic carbocycles. The molecule has 3 aliphatic rings. The largest absolute Gasteiger partial charge is 0.358 e. The molecule has 2 saturated heterocycles. The van der Waals surface area contributed by atoms with Crippen LogP contribution in [0.2, 0.25) is 0 Å². The summed E-state index contributed by atoms with van der Waals surface area (Å²) < 4.78 is 0. The molecule has 0 bridgehead atoms. The van der Waals surface area contributed by atoms with Crippen molar-refractivity contribution in [3.05, 3.63) is 35.5 Å². The third-order valence-electron chi connectivity index (χ3n) is 6.20. The Morgan fingerprint density at radius 1 is 1.04 bits per heavy atom. The molecule has 1 N–H and O–H groups in total. The van der Waals surface area contributed by atoms with Gasteiger partial charge in [-0.25, -0.2) is 0 Å². The summed E-state index contributed by atoms with van der Waals surface area (Å²) in [5.41, 5.74) is 3.29. The van der Waals surface area contributed by atoms with Crippen LogP contribution in [0.25, 0.3) is 10.9 Å². The topological polar surface area (TPSA) is 56.4 Å². The number of H-pyrrole nitrogens is 1. The Morgan fingerprint density at radius 2 is 1.84 bits per heavy atom. The predicted octanol–water partition coefficient (Wildman–Crippen LogP) is 2.28. The molecule has 1 aromatic heterocycles. The lowest BCUT2D eigenvalue weighted by atomic mass is 9.78. The second-order valence-electron chi connectivity index (χ2n) is 7.56. The number of hydrogen-bond donors (Lipinski definition) is 1. The van der Waals surface area contributed by atoms with Gasteiger partial charge < -0.3 is 9.88 Å². The van der Waals surface area contributed by atoms with Crippen LogP contribution >= 0.6 is 0 Å². The number of carbonyl (C=O) groups is 2. The minimum atomic E-state index is -0.286. The monoisotopic (exact) mass is 337 g/mol. The molecule has 0 radical (unpaired) electrons. The fourth-order valence-corrected chi connectivity index (χ4v) is 4.95. The number of benzene rings is 1. The molecule has 2 aliphatic heterocycles. The van der Waals surface area contributed by atoms with Crippen LogP contribution in [0.5, 0.6) is 0 Å². The van der Waals surface area contributed by atoms with Gasteiger partial charge in [0.2, 0.25) is 11.8 Å². The summed E-state index contributed by atoms with van der Waals surface area (Å²) >= 11 is 0. The van der Waals surface area contributed by atoms with E-state index in [0.29, 0.717) is 6.54 Å². The van der Waals surface area contributed by atoms with E-state index in [1.807, 2.05) is 12.1 Å². The Labute approximate surface area is 147 Å². The Morgan fingerprint density at radius 3 is 2.68 bits per heavy atom. The molecule has 0 unspecified atom stereocenters. The molecule has 0 spiro atoms. The lowest BCUT2D eigenvalue weighted by Crippen LogP contribution is -2.38. The van der Waals surface area contributed by atoms with Crippen molar-refractivity contribution < 1.29 is 9.59 Å². The average Bonchev–Trinajstić information content (AvgIpc) is 3.32. The molecule has 2 atom stereocenters. The van der Waals surface area contributed by atoms with Crippen molar-refractivity contribution >= 4 is 22.7 Å². The summed E-state index contributed by atoms with van der Waals surface area (Å²) in [6.45, 7) is 3.55. The highest BCUT2D eigenvalue weighted by Gasteiger charge is 2.51. The van der Waals surface area contributed by atoms with Gasteiger partial charge in [0.25, 0.3) is 0 Å². The standard InChI is InChI=1S/C20H23N3O2/c24-19-14-7-8-16-17(13-5-1-2-6-15(13)21-16)18(14)20(25)23(19)12-11-22-9-3-4-10-22/h1-2,5-6,14,18,21H,3-4,7-12H2/t14-,18+/m1/s1. The maximum absolute atomic E-state index is 13.1. The quantitative estimate of drug-likeness (QED) is 0.874. The number of rotatable bonds is 3. The van der Waals surface area contributed by atoms with E-state index >= 15 is 0 Å². The number of aryl methyl sites for hydroxylation is 1. The molecule has 0 saturated carbocycles. The summed E-state index contributed by atoms with van der Waals surface area (Å²) in [7, 11) is 0. The van der Waals surface area contributed by atoms with E-state index in [2.05, 4.69) is 22.0 Å². The van der Waals surface area contributed by atoms with Crippen LogP contribution in [-0.4, -0.2) is 52.8 Å². The highest BCUT2D eigenvalue weighted by molar-refractivity contribution is 6.10. The van der Waals surface area contributed by atoms with E-state index in [4.69, 9.17) is 0 Å². The van der Waals surface area contributed by atoms with Crippen molar-refractivity contribution in [1.82, 2.24) is 14.8 Å². The minimum absolute atomic E-state index is 0.0138. The second kappa shape index (κ2) is 5.70. The van der Waals surface area contributed by atoms with Crippen LogP contribution in [0.4, 0.5) is 0 Å². The zero-order valence-electron chi connectivity index (χ0n) is 14.3. The van der Waals surface area contributed by atoms with Crippen molar-refractivity contribution in [1.29, 1.82) is 0 Å². The van der Waals surface area contributed by atoms with Crippen LogP contribution in [0.1, 0.15) is 36.4 Å². The molecule has 2 aromatic rings. The van der Waals surface area contributed by atoms with Crippen molar-refractivity contribution in [3.8, 4) is 0 Å². The van der Waals surface area contributed by atoms with Gasteiger partial charge in [0, 0.05) is 29.7 Å². The van der Waals surface area contributed by atoms with Gasteiger partial charge in [0.15, 0.2) is 0 Å². The number of nitrogens with zero attached hydrogens (tertiary/aromatic N) is 2. The zero-order chi connectivity index (χ0) is 17.0. The predicted molar refractivity (Wildman–Crippen MR) is 95.2 cm³/mol. The molecule has 5 heteroatoms. The van der Waals surface area contributed by atoms with Crippen LogP contribution in [-0.2, 0) is 16.0 Å². The third kappa shape index (κ3) is 2.25. The van der Waals surface area contributed by atoms with Crippen LogP contribution in [0.15, 0.2) is 24.3 Å². The number of carbonyl (C=O) groups excluding carboxylic acids is 2. The Bertz CT molecular complexity index is 850. The molecule has 5 rings (SSSR count). The summed E-state index contributed by atoms with van der Waals surface area (Å²) in [4.78, 5) is 33.4. The van der Waals surface area contributed by atoms with Gasteiger partial charge in [0.05, 0.1) is 11.8 Å². The number of hydrogen-bond acceptors (Lipinski definition) is 3. The van der Waals surface area contributed by atoms with Gasteiger partial charge in [-0.05, 0) is 50.4 Å². The molecule has 2 fully saturated rings. The van der Waals surface area contributed by atoms with E-state index in [0.717, 1.165) is 54.6 Å². The van der Waals surface area contributed by atoms with Gasteiger partial charge >= 0.3 is 0 Å². The molecule has 2 amide bonds. The maximum Gasteiger partial charge on any atom is 0.237 e. The zero-order valence-corrected chi connectivity index (χ0v) is 14.3. The Balaban J connectivity index is 1.47. The Hall–Kier alpha value is -2.14. The molecular weight excluding hydrogens is 314 g/mol. The van der Waals surface area contributed by atoms with Crippen molar-refractivity contribution in [2.45, 2.75) is 31.6 Å². The van der Waals surface area contributed by atoms with Gasteiger partial charge in [-0.15, -0.1) is 0 Å². The first kappa shape index (κ1) is 15.1. The van der Waals surface area contributed by atoms with E-state index in [-0.39, 0.29) is 23.7 Å². The number of nitrogens with one attached hydrogen (secondary N) is 1. The van der Waals surface area contributed by atoms with Gasteiger partial charge in [-0.3, -0.25) is 14.5 Å². The van der Waals surface area contributed by atoms with Crippen LogP contribution < -0.4 is 0 Å². The first-order valence-electron chi connectivity index (χ1n) is 9.41. The number of para-hydroxylation sites is 1. The smallest absolute Gasteiger partial charge is 0.237 e. The number of amides is 2. The lowest BCUT2D eigenvalue weighted by Gasteiger charge is -2.21. The minimum Gasteiger partial charge on any atom is -0.358 e. The number of aromatic amines is 1. The number of likely N-dealkylation sites (tertiary alicyclic amines) is 2. The van der Waals surface area contributed by atoms with Crippen LogP contribution in [0.3, 0.4) is 0 Å². The van der Waals surface area contributed by atoms with Crippen molar-refractivity contribution in [3.63, 3.8) is 0 Å². The maximum atomic E-state index is 13.1. The van der Waals surface area contributed by atoms with E-state index in [1.165, 1.54) is 12.8 Å². The SMILES string of the molecule is O=C1[C@@H]2c3c([nH]c4ccccc34)CC[C@H]2C(=O)N1CCN1CCCC1. The summed E-state index contributed by atoms with van der Waals surface area (Å²) in [6, 6.07) is 8.13. The summed E-state index contributed by atoms with van der Waals surface area (Å²) in [5.74, 6) is -0.395. The Kier molecular flexibility index (Phi) is 3.45. The molecule has 1 aliphatic carbocycles. The van der Waals surface area contributed by atoms with E-state index in [9.17, 15) is 9.59 Å². The summed E-state index contributed by atoms with van der Waals surface area (Å²) in [5, 5.41) is 1.11. The first-order chi connectivity index (χ1) is 12.2. The highest BCUT2D eigenvalue weighted by Crippen LogP contribution is 2.45. The molecule has 25 heavy (non-hydrogen) atoms. The van der Waals surface area contributed by atoms with Gasteiger partial charge in [-0.2, -0.15) is 0 Å². The van der Waals surface area contributed by atoms with Gasteiger partial charge in [-0.1, -0.05) is 18.2 Å². The fraction of sp³-hybridized carbons (Fsp3) is 0.500. The normalized spacial score (nSPS) is 26.5.